The third kappa shape index (κ3) is 3.84. The molecular weight excluding hydrogens is 360 g/mol. The van der Waals surface area contributed by atoms with E-state index >= 15 is 0 Å². The summed E-state index contributed by atoms with van der Waals surface area (Å²) in [6, 6.07) is 8.56. The Hall–Kier alpha value is -1.55. The zero-order chi connectivity index (χ0) is 17.9. The van der Waals surface area contributed by atoms with Crippen LogP contribution in [0.15, 0.2) is 35.2 Å². The molecule has 0 amide bonds. The number of rotatable bonds is 6. The maximum Gasteiger partial charge on any atom is 0.243 e. The van der Waals surface area contributed by atoms with Gasteiger partial charge in [0, 0.05) is 32.7 Å². The first-order chi connectivity index (χ1) is 12.0. The molecule has 2 aromatic rings. The van der Waals surface area contributed by atoms with Gasteiger partial charge < -0.3 is 9.30 Å². The van der Waals surface area contributed by atoms with Crippen LogP contribution in [0, 0.1) is 4.77 Å². The number of methoxy groups -OCH3 is 1. The number of hydrogen-bond acceptors (Lipinski definition) is 5. The molecule has 1 aromatic heterocycles. The number of H-pyrrole nitrogens is 1. The van der Waals surface area contributed by atoms with Crippen molar-refractivity contribution >= 4 is 22.2 Å². The second kappa shape index (κ2) is 7.77. The van der Waals surface area contributed by atoms with Gasteiger partial charge >= 0.3 is 0 Å². The van der Waals surface area contributed by atoms with E-state index in [0.717, 1.165) is 18.7 Å². The molecule has 1 N–H and O–H groups in total. The van der Waals surface area contributed by atoms with Crippen molar-refractivity contribution in [3.63, 3.8) is 0 Å². The Labute approximate surface area is 152 Å². The topological polar surface area (TPSA) is 80.2 Å². The fourth-order valence-electron chi connectivity index (χ4n) is 3.15. The van der Waals surface area contributed by atoms with Crippen molar-refractivity contribution in [1.82, 2.24) is 19.1 Å². The molecule has 0 spiro atoms. The third-order valence-corrected chi connectivity index (χ3v) is 6.63. The summed E-state index contributed by atoms with van der Waals surface area (Å²) in [5.74, 6) is 0.812. The van der Waals surface area contributed by atoms with Gasteiger partial charge in [-0.2, -0.15) is 9.40 Å². The van der Waals surface area contributed by atoms with Gasteiger partial charge in [0.1, 0.15) is 5.82 Å². The van der Waals surface area contributed by atoms with Crippen molar-refractivity contribution in [3.05, 3.63) is 40.9 Å². The van der Waals surface area contributed by atoms with E-state index in [0.29, 0.717) is 35.9 Å². The van der Waals surface area contributed by atoms with Crippen LogP contribution >= 0.6 is 12.2 Å². The highest BCUT2D eigenvalue weighted by molar-refractivity contribution is 7.89. The number of hydrogen-bond donors (Lipinski definition) is 1. The molecular formula is C16H22N4O3S2. The monoisotopic (exact) mass is 382 g/mol. The molecule has 2 heterocycles. The minimum Gasteiger partial charge on any atom is -0.383 e. The summed E-state index contributed by atoms with van der Waals surface area (Å²) in [6.07, 6.45) is 1.67. The van der Waals surface area contributed by atoms with Crippen LogP contribution in [0.4, 0.5) is 0 Å². The van der Waals surface area contributed by atoms with Crippen LogP contribution in [0.25, 0.3) is 0 Å². The van der Waals surface area contributed by atoms with Crippen molar-refractivity contribution in [2.45, 2.75) is 30.2 Å². The van der Waals surface area contributed by atoms with Crippen LogP contribution in [-0.2, 0) is 21.3 Å². The Balaban J connectivity index is 1.84. The van der Waals surface area contributed by atoms with Gasteiger partial charge in [0.2, 0.25) is 10.0 Å². The number of nitrogens with zero attached hydrogens (tertiary/aromatic N) is 3. The van der Waals surface area contributed by atoms with Gasteiger partial charge in [0.25, 0.3) is 0 Å². The normalized spacial score (nSPS) is 19.2. The molecule has 9 heteroatoms. The Morgan fingerprint density at radius 3 is 2.84 bits per heavy atom. The third-order valence-electron chi connectivity index (χ3n) is 4.44. The average Bonchev–Trinajstić information content (AvgIpc) is 3.01. The van der Waals surface area contributed by atoms with Gasteiger partial charge in [0.15, 0.2) is 4.77 Å². The molecule has 1 aliphatic rings. The SMILES string of the molecule is COCCn1c([C@@H]2CCCN(S(=O)(=O)c3ccccc3)C2)n[nH]c1=S. The van der Waals surface area contributed by atoms with Crippen molar-refractivity contribution < 1.29 is 13.2 Å². The number of benzene rings is 1. The Morgan fingerprint density at radius 2 is 2.12 bits per heavy atom. The Morgan fingerprint density at radius 1 is 1.36 bits per heavy atom. The molecule has 7 nitrogen and oxygen atoms in total. The predicted octanol–water partition coefficient (Wildman–Crippen LogP) is 2.16. The van der Waals surface area contributed by atoms with E-state index in [1.165, 1.54) is 0 Å². The standard InChI is InChI=1S/C16H22N4O3S2/c1-23-11-10-20-15(17-18-16(20)24)13-6-5-9-19(12-13)25(21,22)14-7-3-2-4-8-14/h2-4,7-8,13H,5-6,9-12H2,1H3,(H,18,24)/t13-/m1/s1. The molecule has 1 aromatic carbocycles. The molecule has 0 radical (unpaired) electrons. The molecule has 0 bridgehead atoms. The number of aromatic nitrogens is 3. The molecule has 3 rings (SSSR count). The molecule has 1 saturated heterocycles. The first-order valence-electron chi connectivity index (χ1n) is 8.23. The van der Waals surface area contributed by atoms with Gasteiger partial charge in [0.05, 0.1) is 11.5 Å². The first-order valence-corrected chi connectivity index (χ1v) is 10.1. The highest BCUT2D eigenvalue weighted by Gasteiger charge is 2.32. The minimum absolute atomic E-state index is 0.0112. The number of ether oxygens (including phenoxy) is 1. The summed E-state index contributed by atoms with van der Waals surface area (Å²) in [4.78, 5) is 0.328. The summed E-state index contributed by atoms with van der Waals surface area (Å²) in [6.45, 7) is 2.06. The summed E-state index contributed by atoms with van der Waals surface area (Å²) in [5, 5.41) is 7.17. The van der Waals surface area contributed by atoms with Crippen LogP contribution in [0.1, 0.15) is 24.6 Å². The van der Waals surface area contributed by atoms with Crippen molar-refractivity contribution in [2.24, 2.45) is 0 Å². The number of nitrogens with one attached hydrogen (secondary N) is 1. The molecule has 1 atom stereocenters. The van der Waals surface area contributed by atoms with Gasteiger partial charge in [-0.3, -0.25) is 5.10 Å². The van der Waals surface area contributed by atoms with Crippen LogP contribution < -0.4 is 0 Å². The molecule has 0 unspecified atom stereocenters. The summed E-state index contributed by atoms with van der Waals surface area (Å²) in [7, 11) is -1.85. The van der Waals surface area contributed by atoms with Crippen LogP contribution in [0.5, 0.6) is 0 Å². The molecule has 1 aliphatic heterocycles. The van der Waals surface area contributed by atoms with Gasteiger partial charge in [-0.25, -0.2) is 8.42 Å². The van der Waals surface area contributed by atoms with E-state index in [9.17, 15) is 8.42 Å². The molecule has 25 heavy (non-hydrogen) atoms. The minimum atomic E-state index is -3.49. The van der Waals surface area contributed by atoms with E-state index in [1.807, 2.05) is 10.6 Å². The van der Waals surface area contributed by atoms with Crippen molar-refractivity contribution in [1.29, 1.82) is 0 Å². The van der Waals surface area contributed by atoms with Gasteiger partial charge in [-0.1, -0.05) is 18.2 Å². The van der Waals surface area contributed by atoms with Crippen molar-refractivity contribution in [2.75, 3.05) is 26.8 Å². The summed E-state index contributed by atoms with van der Waals surface area (Å²) >= 11 is 5.29. The smallest absolute Gasteiger partial charge is 0.243 e. The summed E-state index contributed by atoms with van der Waals surface area (Å²) < 4.78 is 34.9. The quantitative estimate of drug-likeness (QED) is 0.775. The molecule has 1 fully saturated rings. The first kappa shape index (κ1) is 18.2. The second-order valence-corrected chi connectivity index (χ2v) is 8.37. The zero-order valence-corrected chi connectivity index (χ0v) is 15.7. The lowest BCUT2D eigenvalue weighted by Gasteiger charge is -2.31. The summed E-state index contributed by atoms with van der Waals surface area (Å²) in [5.41, 5.74) is 0. The lowest BCUT2D eigenvalue weighted by Crippen LogP contribution is -2.39. The van der Waals surface area contributed by atoms with E-state index in [1.54, 1.807) is 35.7 Å². The van der Waals surface area contributed by atoms with E-state index < -0.39 is 10.0 Å². The van der Waals surface area contributed by atoms with Crippen molar-refractivity contribution in [3.8, 4) is 0 Å². The van der Waals surface area contributed by atoms with Crippen LogP contribution in [-0.4, -0.2) is 54.3 Å². The Kier molecular flexibility index (Phi) is 5.67. The number of sulfonamides is 1. The lowest BCUT2D eigenvalue weighted by molar-refractivity contribution is 0.184. The average molecular weight is 383 g/mol. The van der Waals surface area contributed by atoms with E-state index in [4.69, 9.17) is 17.0 Å². The zero-order valence-electron chi connectivity index (χ0n) is 14.1. The van der Waals surface area contributed by atoms with Gasteiger partial charge in [-0.05, 0) is 37.2 Å². The molecule has 0 saturated carbocycles. The van der Waals surface area contributed by atoms with E-state index in [2.05, 4.69) is 10.2 Å². The van der Waals surface area contributed by atoms with Crippen LogP contribution in [0.2, 0.25) is 0 Å². The predicted molar refractivity (Wildman–Crippen MR) is 96.5 cm³/mol. The largest absolute Gasteiger partial charge is 0.383 e. The molecule has 136 valence electrons. The number of piperidine rings is 1. The van der Waals surface area contributed by atoms with Gasteiger partial charge in [-0.15, -0.1) is 0 Å². The maximum absolute atomic E-state index is 12.9. The maximum atomic E-state index is 12.9. The number of aromatic amines is 1. The van der Waals surface area contributed by atoms with Crippen LogP contribution in [0.3, 0.4) is 0 Å². The highest BCUT2D eigenvalue weighted by atomic mass is 32.2. The van der Waals surface area contributed by atoms with E-state index in [-0.39, 0.29) is 5.92 Å². The second-order valence-electron chi connectivity index (χ2n) is 6.05. The fraction of sp³-hybridized carbons (Fsp3) is 0.500. The lowest BCUT2D eigenvalue weighted by atomic mass is 9.99. The highest BCUT2D eigenvalue weighted by Crippen LogP contribution is 2.29. The molecule has 0 aliphatic carbocycles. The Bertz CT molecular complexity index is 861. The fourth-order valence-corrected chi connectivity index (χ4v) is 4.93.